The predicted octanol–water partition coefficient (Wildman–Crippen LogP) is 1.55. The number of aromatic nitrogens is 2. The highest BCUT2D eigenvalue weighted by Crippen LogP contribution is 2.30. The SMILES string of the molecule is CC(C)(CN)C(N)c1ccc2nc[nH]c2c1. The topological polar surface area (TPSA) is 80.7 Å². The maximum Gasteiger partial charge on any atom is 0.0931 e. The number of imidazole rings is 1. The summed E-state index contributed by atoms with van der Waals surface area (Å²) in [6.45, 7) is 4.72. The zero-order valence-corrected chi connectivity index (χ0v) is 9.70. The van der Waals surface area contributed by atoms with Gasteiger partial charge in [0.2, 0.25) is 0 Å². The molecule has 86 valence electrons. The molecule has 5 N–H and O–H groups in total. The molecule has 0 spiro atoms. The van der Waals surface area contributed by atoms with Gasteiger partial charge in [0.15, 0.2) is 0 Å². The first-order valence-electron chi connectivity index (χ1n) is 5.43. The van der Waals surface area contributed by atoms with Crippen molar-refractivity contribution >= 4 is 11.0 Å². The normalized spacial score (nSPS) is 14.2. The van der Waals surface area contributed by atoms with E-state index >= 15 is 0 Å². The number of benzene rings is 1. The molecule has 1 aromatic carbocycles. The summed E-state index contributed by atoms with van der Waals surface area (Å²) in [5, 5.41) is 0. The van der Waals surface area contributed by atoms with Crippen molar-refractivity contribution < 1.29 is 0 Å². The molecule has 0 saturated carbocycles. The molecule has 2 rings (SSSR count). The Morgan fingerprint density at radius 3 is 2.88 bits per heavy atom. The van der Waals surface area contributed by atoms with Gasteiger partial charge in [0, 0.05) is 6.04 Å². The van der Waals surface area contributed by atoms with Gasteiger partial charge in [0.25, 0.3) is 0 Å². The van der Waals surface area contributed by atoms with Crippen LogP contribution in [-0.2, 0) is 0 Å². The molecule has 0 aliphatic rings. The summed E-state index contributed by atoms with van der Waals surface area (Å²) in [7, 11) is 0. The third-order valence-corrected chi connectivity index (χ3v) is 3.17. The fraction of sp³-hybridized carbons (Fsp3) is 0.417. The van der Waals surface area contributed by atoms with Crippen molar-refractivity contribution in [1.29, 1.82) is 0 Å². The molecule has 1 aromatic heterocycles. The molecule has 4 heteroatoms. The van der Waals surface area contributed by atoms with Gasteiger partial charge in [-0.15, -0.1) is 0 Å². The van der Waals surface area contributed by atoms with E-state index in [-0.39, 0.29) is 11.5 Å². The van der Waals surface area contributed by atoms with Crippen LogP contribution < -0.4 is 11.5 Å². The molecule has 1 atom stereocenters. The van der Waals surface area contributed by atoms with Crippen LogP contribution >= 0.6 is 0 Å². The van der Waals surface area contributed by atoms with Crippen LogP contribution in [-0.4, -0.2) is 16.5 Å². The first kappa shape index (κ1) is 11.1. The van der Waals surface area contributed by atoms with Crippen LogP contribution in [0.1, 0.15) is 25.5 Å². The van der Waals surface area contributed by atoms with Crippen molar-refractivity contribution in [2.45, 2.75) is 19.9 Å². The van der Waals surface area contributed by atoms with Crippen molar-refractivity contribution in [3.63, 3.8) is 0 Å². The second kappa shape index (κ2) is 3.88. The Bertz CT molecular complexity index is 486. The number of nitrogens with one attached hydrogen (secondary N) is 1. The van der Waals surface area contributed by atoms with E-state index in [0.717, 1.165) is 16.6 Å². The van der Waals surface area contributed by atoms with Gasteiger partial charge in [-0.2, -0.15) is 0 Å². The molecule has 1 heterocycles. The first-order valence-corrected chi connectivity index (χ1v) is 5.43. The standard InChI is InChI=1S/C12H18N4/c1-12(2,6-13)11(14)8-3-4-9-10(5-8)16-7-15-9/h3-5,7,11H,6,13-14H2,1-2H3,(H,15,16). The average Bonchev–Trinajstić information content (AvgIpc) is 2.74. The van der Waals surface area contributed by atoms with E-state index in [2.05, 4.69) is 23.8 Å². The minimum atomic E-state index is -0.103. The van der Waals surface area contributed by atoms with Crippen LogP contribution in [0.3, 0.4) is 0 Å². The Morgan fingerprint density at radius 1 is 1.44 bits per heavy atom. The van der Waals surface area contributed by atoms with E-state index in [4.69, 9.17) is 11.5 Å². The molecule has 0 aliphatic carbocycles. The lowest BCUT2D eigenvalue weighted by molar-refractivity contribution is 0.301. The second-order valence-corrected chi connectivity index (χ2v) is 4.85. The largest absolute Gasteiger partial charge is 0.345 e. The Morgan fingerprint density at radius 2 is 2.19 bits per heavy atom. The lowest BCUT2D eigenvalue weighted by Gasteiger charge is -2.30. The van der Waals surface area contributed by atoms with Crippen LogP contribution in [0, 0.1) is 5.41 Å². The number of H-pyrrole nitrogens is 1. The zero-order valence-electron chi connectivity index (χ0n) is 9.70. The number of rotatable bonds is 3. The van der Waals surface area contributed by atoms with Gasteiger partial charge in [0.05, 0.1) is 17.4 Å². The Labute approximate surface area is 95.0 Å². The van der Waals surface area contributed by atoms with Crippen molar-refractivity contribution in [1.82, 2.24) is 9.97 Å². The highest BCUT2D eigenvalue weighted by molar-refractivity contribution is 5.75. The van der Waals surface area contributed by atoms with Gasteiger partial charge in [0.1, 0.15) is 0 Å². The van der Waals surface area contributed by atoms with E-state index in [1.54, 1.807) is 6.33 Å². The lowest BCUT2D eigenvalue weighted by atomic mass is 9.81. The molecular formula is C12H18N4. The molecule has 0 fully saturated rings. The van der Waals surface area contributed by atoms with Crippen LogP contribution in [0.5, 0.6) is 0 Å². The van der Waals surface area contributed by atoms with E-state index in [1.165, 1.54) is 0 Å². The second-order valence-electron chi connectivity index (χ2n) is 4.85. The smallest absolute Gasteiger partial charge is 0.0931 e. The summed E-state index contributed by atoms with van der Waals surface area (Å²) >= 11 is 0. The van der Waals surface area contributed by atoms with E-state index in [9.17, 15) is 0 Å². The van der Waals surface area contributed by atoms with Gasteiger partial charge in [-0.25, -0.2) is 4.98 Å². The summed E-state index contributed by atoms with van der Waals surface area (Å²) in [6, 6.07) is 5.98. The minimum Gasteiger partial charge on any atom is -0.345 e. The summed E-state index contributed by atoms with van der Waals surface area (Å²) in [5.41, 5.74) is 14.9. The van der Waals surface area contributed by atoms with Crippen molar-refractivity contribution in [2.24, 2.45) is 16.9 Å². The first-order chi connectivity index (χ1) is 7.54. The Hall–Kier alpha value is -1.39. The van der Waals surface area contributed by atoms with Gasteiger partial charge in [-0.1, -0.05) is 19.9 Å². The Kier molecular flexibility index (Phi) is 2.69. The Balaban J connectivity index is 2.39. The molecule has 1 unspecified atom stereocenters. The van der Waals surface area contributed by atoms with Crippen molar-refractivity contribution in [3.05, 3.63) is 30.1 Å². The predicted molar refractivity (Wildman–Crippen MR) is 65.9 cm³/mol. The number of nitrogens with two attached hydrogens (primary N) is 2. The zero-order chi connectivity index (χ0) is 11.8. The maximum absolute atomic E-state index is 6.23. The summed E-state index contributed by atoms with van der Waals surface area (Å²) in [4.78, 5) is 7.27. The van der Waals surface area contributed by atoms with Gasteiger partial charge in [-0.3, -0.25) is 0 Å². The third kappa shape index (κ3) is 1.81. The van der Waals surface area contributed by atoms with Crippen LogP contribution in [0.4, 0.5) is 0 Å². The lowest BCUT2D eigenvalue weighted by Crippen LogP contribution is -2.35. The highest BCUT2D eigenvalue weighted by atomic mass is 14.9. The number of hydrogen-bond donors (Lipinski definition) is 3. The average molecular weight is 218 g/mol. The summed E-state index contributed by atoms with van der Waals surface area (Å²) in [6.07, 6.45) is 1.69. The fourth-order valence-corrected chi connectivity index (χ4v) is 1.72. The van der Waals surface area contributed by atoms with Crippen molar-refractivity contribution in [3.8, 4) is 0 Å². The van der Waals surface area contributed by atoms with E-state index in [0.29, 0.717) is 6.54 Å². The summed E-state index contributed by atoms with van der Waals surface area (Å²) in [5.74, 6) is 0. The number of fused-ring (bicyclic) bond motifs is 1. The number of nitrogens with zero attached hydrogens (tertiary/aromatic N) is 1. The van der Waals surface area contributed by atoms with E-state index < -0.39 is 0 Å². The van der Waals surface area contributed by atoms with Crippen molar-refractivity contribution in [2.75, 3.05) is 6.54 Å². The summed E-state index contributed by atoms with van der Waals surface area (Å²) < 4.78 is 0. The monoisotopic (exact) mass is 218 g/mol. The fourth-order valence-electron chi connectivity index (χ4n) is 1.72. The van der Waals surface area contributed by atoms with E-state index in [1.807, 2.05) is 18.2 Å². The molecular weight excluding hydrogens is 200 g/mol. The van der Waals surface area contributed by atoms with Gasteiger partial charge in [-0.05, 0) is 29.7 Å². The number of aromatic amines is 1. The van der Waals surface area contributed by atoms with Crippen LogP contribution in [0.2, 0.25) is 0 Å². The molecule has 0 amide bonds. The van der Waals surface area contributed by atoms with Gasteiger partial charge < -0.3 is 16.5 Å². The minimum absolute atomic E-state index is 0.0646. The molecule has 4 nitrogen and oxygen atoms in total. The van der Waals surface area contributed by atoms with Crippen LogP contribution in [0.25, 0.3) is 11.0 Å². The number of hydrogen-bond acceptors (Lipinski definition) is 3. The quantitative estimate of drug-likeness (QED) is 0.731. The molecule has 16 heavy (non-hydrogen) atoms. The highest BCUT2D eigenvalue weighted by Gasteiger charge is 2.26. The third-order valence-electron chi connectivity index (χ3n) is 3.17. The van der Waals surface area contributed by atoms with Crippen LogP contribution in [0.15, 0.2) is 24.5 Å². The molecule has 0 bridgehead atoms. The molecule has 0 radical (unpaired) electrons. The molecule has 2 aromatic rings. The molecule has 0 aliphatic heterocycles. The maximum atomic E-state index is 6.23. The molecule has 0 saturated heterocycles. The van der Waals surface area contributed by atoms with Gasteiger partial charge >= 0.3 is 0 Å².